The third-order valence-electron chi connectivity index (χ3n) is 2.45. The number of benzene rings is 1. The van der Waals surface area contributed by atoms with Gasteiger partial charge in [-0.1, -0.05) is 0 Å². The van der Waals surface area contributed by atoms with Gasteiger partial charge in [-0.25, -0.2) is 13.6 Å². The fourth-order valence-electron chi connectivity index (χ4n) is 1.37. The van der Waals surface area contributed by atoms with Crippen molar-refractivity contribution in [1.82, 2.24) is 0 Å². The van der Waals surface area contributed by atoms with Crippen LogP contribution < -0.4 is 5.32 Å². The van der Waals surface area contributed by atoms with Crippen molar-refractivity contribution in [1.29, 1.82) is 0 Å². The van der Waals surface area contributed by atoms with Gasteiger partial charge < -0.3 is 10.1 Å². The number of hydrogen-bond acceptors (Lipinski definition) is 5. The van der Waals surface area contributed by atoms with Gasteiger partial charge in [0, 0.05) is 6.07 Å². The van der Waals surface area contributed by atoms with E-state index in [-0.39, 0.29) is 5.56 Å². The highest BCUT2D eigenvalue weighted by Crippen LogP contribution is 2.29. The van der Waals surface area contributed by atoms with Gasteiger partial charge in [0.05, 0.1) is 24.1 Å². The molecule has 0 bridgehead atoms. The van der Waals surface area contributed by atoms with Crippen LogP contribution in [0.3, 0.4) is 0 Å². The van der Waals surface area contributed by atoms with Crippen LogP contribution in [0.15, 0.2) is 18.2 Å². The molecular formula is C11H10F4N2O4. The summed E-state index contributed by atoms with van der Waals surface area (Å²) in [6.45, 7) is -1.52. The molecule has 0 aliphatic heterocycles. The molecule has 0 saturated heterocycles. The Morgan fingerprint density at radius 2 is 2.10 bits per heavy atom. The van der Waals surface area contributed by atoms with Crippen molar-refractivity contribution in [2.24, 2.45) is 0 Å². The molecule has 6 nitrogen and oxygen atoms in total. The van der Waals surface area contributed by atoms with Gasteiger partial charge in [-0.15, -0.1) is 0 Å². The number of carbonyl (C=O) groups excluding carboxylic acids is 1. The molecule has 0 amide bonds. The third kappa shape index (κ3) is 4.04. The van der Waals surface area contributed by atoms with E-state index in [2.05, 4.69) is 4.74 Å². The van der Waals surface area contributed by atoms with Gasteiger partial charge >= 0.3 is 18.3 Å². The lowest BCUT2D eigenvalue weighted by molar-refractivity contribution is -0.384. The maximum atomic E-state index is 12.8. The number of nitro groups is 1. The number of rotatable bonds is 6. The van der Waals surface area contributed by atoms with Crippen molar-refractivity contribution in [2.45, 2.75) is 12.3 Å². The monoisotopic (exact) mass is 310 g/mol. The molecular weight excluding hydrogens is 300 g/mol. The number of carbonyl (C=O) groups is 1. The first-order valence-electron chi connectivity index (χ1n) is 5.45. The molecule has 0 spiro atoms. The van der Waals surface area contributed by atoms with E-state index in [4.69, 9.17) is 0 Å². The maximum Gasteiger partial charge on any atom is 0.337 e. The Hall–Kier alpha value is -2.39. The number of hydrogen-bond donors (Lipinski definition) is 1. The van der Waals surface area contributed by atoms with Gasteiger partial charge in [-0.2, -0.15) is 8.78 Å². The number of halogens is 4. The van der Waals surface area contributed by atoms with Crippen molar-refractivity contribution < 1.29 is 32.0 Å². The van der Waals surface area contributed by atoms with Gasteiger partial charge in [0.2, 0.25) is 0 Å². The molecule has 0 heterocycles. The van der Waals surface area contributed by atoms with Crippen LogP contribution in [0.1, 0.15) is 10.4 Å². The molecule has 1 rings (SSSR count). The Balaban J connectivity index is 3.07. The minimum Gasteiger partial charge on any atom is -0.465 e. The van der Waals surface area contributed by atoms with Gasteiger partial charge in [0.1, 0.15) is 5.69 Å². The maximum absolute atomic E-state index is 12.8. The SMILES string of the molecule is COC(=O)c1ccc([N+](=O)[O-])c(NCC(F)(F)C(F)F)c1. The topological polar surface area (TPSA) is 81.5 Å². The van der Waals surface area contributed by atoms with E-state index in [1.54, 1.807) is 0 Å². The molecule has 0 unspecified atom stereocenters. The number of methoxy groups -OCH3 is 1. The summed E-state index contributed by atoms with van der Waals surface area (Å²) >= 11 is 0. The highest BCUT2D eigenvalue weighted by molar-refractivity contribution is 5.91. The van der Waals surface area contributed by atoms with Crippen LogP contribution in [0.2, 0.25) is 0 Å². The van der Waals surface area contributed by atoms with Crippen LogP contribution in [-0.4, -0.2) is 36.9 Å². The molecule has 10 heteroatoms. The first kappa shape index (κ1) is 16.7. The second-order valence-corrected chi connectivity index (χ2v) is 3.90. The van der Waals surface area contributed by atoms with Crippen LogP contribution in [0.25, 0.3) is 0 Å². The summed E-state index contributed by atoms with van der Waals surface area (Å²) in [7, 11) is 1.06. The summed E-state index contributed by atoms with van der Waals surface area (Å²) in [5, 5.41) is 12.6. The van der Waals surface area contributed by atoms with Crippen LogP contribution in [0.5, 0.6) is 0 Å². The van der Waals surface area contributed by atoms with Crippen molar-refractivity contribution in [3.8, 4) is 0 Å². The van der Waals surface area contributed by atoms with Crippen LogP contribution >= 0.6 is 0 Å². The molecule has 1 N–H and O–H groups in total. The summed E-state index contributed by atoms with van der Waals surface area (Å²) in [6, 6.07) is 2.82. The first-order chi connectivity index (χ1) is 9.69. The molecule has 0 atom stereocenters. The van der Waals surface area contributed by atoms with Crippen molar-refractivity contribution >= 4 is 17.3 Å². The third-order valence-corrected chi connectivity index (χ3v) is 2.45. The second kappa shape index (κ2) is 6.37. The Labute approximate surface area is 115 Å². The molecule has 0 fully saturated rings. The Morgan fingerprint density at radius 1 is 1.48 bits per heavy atom. The number of alkyl halides is 4. The molecule has 0 radical (unpaired) electrons. The first-order valence-corrected chi connectivity index (χ1v) is 5.45. The van der Waals surface area contributed by atoms with E-state index in [9.17, 15) is 32.5 Å². The minimum atomic E-state index is -4.37. The summed E-state index contributed by atoms with van der Waals surface area (Å²) in [6.07, 6.45) is -3.92. The van der Waals surface area contributed by atoms with Crippen molar-refractivity contribution in [2.75, 3.05) is 19.0 Å². The minimum absolute atomic E-state index is 0.147. The second-order valence-electron chi connectivity index (χ2n) is 3.90. The highest BCUT2D eigenvalue weighted by Gasteiger charge is 2.40. The molecule has 21 heavy (non-hydrogen) atoms. The largest absolute Gasteiger partial charge is 0.465 e. The summed E-state index contributed by atoms with van der Waals surface area (Å²) in [4.78, 5) is 21.1. The molecule has 0 aliphatic rings. The number of esters is 1. The van der Waals surface area contributed by atoms with Gasteiger partial charge in [-0.05, 0) is 12.1 Å². The van der Waals surface area contributed by atoms with E-state index in [1.165, 1.54) is 0 Å². The molecule has 1 aromatic carbocycles. The lowest BCUT2D eigenvalue weighted by Crippen LogP contribution is -2.35. The predicted octanol–water partition coefficient (Wildman–Crippen LogP) is 2.69. The van der Waals surface area contributed by atoms with Crippen molar-refractivity contribution in [3.63, 3.8) is 0 Å². The van der Waals surface area contributed by atoms with Crippen molar-refractivity contribution in [3.05, 3.63) is 33.9 Å². The summed E-state index contributed by atoms with van der Waals surface area (Å²) < 4.78 is 54.1. The smallest absolute Gasteiger partial charge is 0.337 e. The fourth-order valence-corrected chi connectivity index (χ4v) is 1.37. The fraction of sp³-hybridized carbons (Fsp3) is 0.364. The number of ether oxygens (including phenoxy) is 1. The molecule has 0 aromatic heterocycles. The van der Waals surface area contributed by atoms with Gasteiger partial charge in [0.15, 0.2) is 0 Å². The van der Waals surface area contributed by atoms with E-state index >= 15 is 0 Å². The summed E-state index contributed by atoms with van der Waals surface area (Å²) in [5.41, 5.74) is -1.26. The van der Waals surface area contributed by atoms with E-state index < -0.39 is 41.2 Å². The average Bonchev–Trinajstić information content (AvgIpc) is 2.43. The zero-order chi connectivity index (χ0) is 16.2. The zero-order valence-corrected chi connectivity index (χ0v) is 10.6. The van der Waals surface area contributed by atoms with E-state index in [1.807, 2.05) is 5.32 Å². The number of anilines is 1. The van der Waals surface area contributed by atoms with E-state index in [0.29, 0.717) is 0 Å². The lowest BCUT2D eigenvalue weighted by Gasteiger charge is -2.16. The Kier molecular flexibility index (Phi) is 5.06. The van der Waals surface area contributed by atoms with Crippen LogP contribution in [0.4, 0.5) is 28.9 Å². The van der Waals surface area contributed by atoms with E-state index in [0.717, 1.165) is 25.3 Å². The highest BCUT2D eigenvalue weighted by atomic mass is 19.3. The standard InChI is InChI=1S/C11H10F4N2O4/c1-21-9(18)6-2-3-8(17(19)20)7(4-6)16-5-11(14,15)10(12)13/h2-4,10,16H,5H2,1H3. The lowest BCUT2D eigenvalue weighted by atomic mass is 10.1. The average molecular weight is 310 g/mol. The molecule has 0 saturated carbocycles. The number of nitrogens with one attached hydrogen (secondary N) is 1. The van der Waals surface area contributed by atoms with Crippen LogP contribution in [-0.2, 0) is 4.74 Å². The number of nitro benzene ring substituents is 1. The van der Waals surface area contributed by atoms with Gasteiger partial charge in [-0.3, -0.25) is 10.1 Å². The normalized spacial score (nSPS) is 11.3. The van der Waals surface area contributed by atoms with Gasteiger partial charge in [0.25, 0.3) is 5.69 Å². The molecule has 1 aromatic rings. The Bertz CT molecular complexity index is 551. The number of nitrogens with zero attached hydrogens (tertiary/aromatic N) is 1. The quantitative estimate of drug-likeness (QED) is 0.378. The Morgan fingerprint density at radius 3 is 2.57 bits per heavy atom. The molecule has 116 valence electrons. The molecule has 0 aliphatic carbocycles. The predicted molar refractivity (Wildman–Crippen MR) is 63.9 cm³/mol. The van der Waals surface area contributed by atoms with Crippen LogP contribution in [0, 0.1) is 10.1 Å². The zero-order valence-electron chi connectivity index (χ0n) is 10.6. The summed E-state index contributed by atoms with van der Waals surface area (Å²) in [5.74, 6) is -5.22.